The van der Waals surface area contributed by atoms with Gasteiger partial charge in [0.2, 0.25) is 5.95 Å². The summed E-state index contributed by atoms with van der Waals surface area (Å²) in [4.78, 5) is 45.4. The summed E-state index contributed by atoms with van der Waals surface area (Å²) in [5.74, 6) is -0.106. The first-order chi connectivity index (χ1) is 16.4. The standard InChI is InChI=1S/C22H21FN6O5/c1-28-18(31)5-3-12-2-4-15(23)14(19(12)28)6-7-24-8-13-10-29(22(32)34-13)21-25-9-16-20(27-21)26-17(30)11-33-16/h2-5,9,13,24H,6-8,10-11H2,1H3,(H,25,26,27,30)/t13-/m0/s1. The van der Waals surface area contributed by atoms with Crippen molar-refractivity contribution in [1.82, 2.24) is 19.9 Å². The van der Waals surface area contributed by atoms with Crippen LogP contribution in [0.25, 0.3) is 10.9 Å². The molecule has 2 aromatic heterocycles. The van der Waals surface area contributed by atoms with E-state index in [0.717, 1.165) is 5.39 Å². The first-order valence-corrected chi connectivity index (χ1v) is 10.7. The molecular formula is C22H21FN6O5. The van der Waals surface area contributed by atoms with E-state index < -0.39 is 12.2 Å². The lowest BCUT2D eigenvalue weighted by atomic mass is 10.1. The number of amides is 2. The molecule has 34 heavy (non-hydrogen) atoms. The number of aryl methyl sites for hydroxylation is 1. The fourth-order valence-electron chi connectivity index (χ4n) is 4.05. The summed E-state index contributed by atoms with van der Waals surface area (Å²) in [5, 5.41) is 6.53. The third-order valence-corrected chi connectivity index (χ3v) is 5.73. The Balaban J connectivity index is 1.21. The number of hydrogen-bond acceptors (Lipinski definition) is 8. The molecule has 12 heteroatoms. The molecule has 2 N–H and O–H groups in total. The van der Waals surface area contributed by atoms with E-state index in [0.29, 0.717) is 36.3 Å². The van der Waals surface area contributed by atoms with Gasteiger partial charge in [-0.15, -0.1) is 0 Å². The Morgan fingerprint density at radius 1 is 1.24 bits per heavy atom. The number of nitrogens with one attached hydrogen (secondary N) is 2. The number of nitrogens with zero attached hydrogens (tertiary/aromatic N) is 4. The highest BCUT2D eigenvalue weighted by atomic mass is 19.1. The van der Waals surface area contributed by atoms with Crippen molar-refractivity contribution in [1.29, 1.82) is 0 Å². The number of anilines is 2. The molecule has 1 atom stereocenters. The topological polar surface area (TPSA) is 128 Å². The number of ether oxygens (including phenoxy) is 2. The molecule has 0 spiro atoms. The Morgan fingerprint density at radius 2 is 2.06 bits per heavy atom. The molecule has 2 amide bonds. The minimum Gasteiger partial charge on any atom is -0.478 e. The highest BCUT2D eigenvalue weighted by Gasteiger charge is 2.34. The number of halogens is 1. The van der Waals surface area contributed by atoms with Gasteiger partial charge in [-0.25, -0.2) is 19.1 Å². The molecule has 1 saturated heterocycles. The number of pyridine rings is 1. The number of hydrogen-bond donors (Lipinski definition) is 2. The van der Waals surface area contributed by atoms with Crippen LogP contribution < -0.4 is 25.8 Å². The van der Waals surface area contributed by atoms with E-state index >= 15 is 0 Å². The van der Waals surface area contributed by atoms with Gasteiger partial charge in [-0.2, -0.15) is 4.98 Å². The van der Waals surface area contributed by atoms with E-state index in [1.807, 2.05) is 0 Å². The average molecular weight is 468 g/mol. The lowest BCUT2D eigenvalue weighted by Gasteiger charge is -2.18. The van der Waals surface area contributed by atoms with Crippen molar-refractivity contribution in [3.63, 3.8) is 0 Å². The van der Waals surface area contributed by atoms with Crippen LogP contribution in [0.4, 0.5) is 21.0 Å². The molecule has 0 saturated carbocycles. The number of aromatic nitrogens is 3. The number of benzene rings is 1. The van der Waals surface area contributed by atoms with E-state index in [9.17, 15) is 18.8 Å². The summed E-state index contributed by atoms with van der Waals surface area (Å²) >= 11 is 0. The van der Waals surface area contributed by atoms with Gasteiger partial charge in [0, 0.05) is 25.2 Å². The summed E-state index contributed by atoms with van der Waals surface area (Å²) < 4.78 is 26.6. The van der Waals surface area contributed by atoms with E-state index in [1.54, 1.807) is 19.2 Å². The Morgan fingerprint density at radius 3 is 2.91 bits per heavy atom. The predicted octanol–water partition coefficient (Wildman–Crippen LogP) is 0.956. The van der Waals surface area contributed by atoms with Crippen molar-refractivity contribution in [2.24, 2.45) is 7.05 Å². The molecule has 5 rings (SSSR count). The lowest BCUT2D eigenvalue weighted by Crippen LogP contribution is -2.33. The molecule has 0 aliphatic carbocycles. The molecule has 0 unspecified atom stereocenters. The summed E-state index contributed by atoms with van der Waals surface area (Å²) in [6.07, 6.45) is 0.658. The fourth-order valence-corrected chi connectivity index (χ4v) is 4.05. The van der Waals surface area contributed by atoms with Gasteiger partial charge in [0.15, 0.2) is 18.2 Å². The monoisotopic (exact) mass is 468 g/mol. The molecule has 4 heterocycles. The maximum Gasteiger partial charge on any atom is 0.417 e. The van der Waals surface area contributed by atoms with Crippen LogP contribution in [-0.4, -0.2) is 58.9 Å². The molecule has 0 bridgehead atoms. The largest absolute Gasteiger partial charge is 0.478 e. The summed E-state index contributed by atoms with van der Waals surface area (Å²) in [5.41, 5.74) is 0.802. The SMILES string of the molecule is Cn1c(=O)ccc2ccc(F)c(CCNC[C@H]3CN(c4ncc5c(n4)NC(=O)CO5)C(=O)O3)c21. The van der Waals surface area contributed by atoms with Gasteiger partial charge in [-0.1, -0.05) is 0 Å². The zero-order valence-corrected chi connectivity index (χ0v) is 18.2. The number of cyclic esters (lactones) is 1. The van der Waals surface area contributed by atoms with Crippen LogP contribution in [0.1, 0.15) is 5.56 Å². The lowest BCUT2D eigenvalue weighted by molar-refractivity contribution is -0.118. The van der Waals surface area contributed by atoms with Crippen molar-refractivity contribution in [2.45, 2.75) is 12.5 Å². The molecule has 1 fully saturated rings. The quantitative estimate of drug-likeness (QED) is 0.512. The highest BCUT2D eigenvalue weighted by molar-refractivity contribution is 5.95. The van der Waals surface area contributed by atoms with E-state index in [1.165, 1.54) is 27.8 Å². The normalized spacial score (nSPS) is 17.4. The van der Waals surface area contributed by atoms with E-state index in [4.69, 9.17) is 9.47 Å². The minimum absolute atomic E-state index is 0.0933. The second-order valence-electron chi connectivity index (χ2n) is 7.98. The molecule has 176 valence electrons. The number of rotatable bonds is 6. The molecule has 2 aliphatic rings. The van der Waals surface area contributed by atoms with Crippen molar-refractivity contribution < 1.29 is 23.5 Å². The van der Waals surface area contributed by atoms with E-state index in [-0.39, 0.29) is 42.2 Å². The van der Waals surface area contributed by atoms with Gasteiger partial charge in [-0.3, -0.25) is 9.59 Å². The Hall–Kier alpha value is -4.06. The van der Waals surface area contributed by atoms with Gasteiger partial charge >= 0.3 is 6.09 Å². The maximum absolute atomic E-state index is 14.5. The molecular weight excluding hydrogens is 447 g/mol. The smallest absolute Gasteiger partial charge is 0.417 e. The molecule has 11 nitrogen and oxygen atoms in total. The van der Waals surface area contributed by atoms with Crippen LogP contribution in [-0.2, 0) is 23.0 Å². The second kappa shape index (κ2) is 8.71. The van der Waals surface area contributed by atoms with Gasteiger partial charge in [-0.05, 0) is 36.6 Å². The zero-order valence-electron chi connectivity index (χ0n) is 18.2. The highest BCUT2D eigenvalue weighted by Crippen LogP contribution is 2.28. The van der Waals surface area contributed by atoms with Gasteiger partial charge < -0.3 is 24.7 Å². The summed E-state index contributed by atoms with van der Waals surface area (Å²) in [7, 11) is 1.62. The summed E-state index contributed by atoms with van der Waals surface area (Å²) in [6, 6.07) is 6.18. The Kier molecular flexibility index (Phi) is 5.57. The Bertz CT molecular complexity index is 1360. The van der Waals surface area contributed by atoms with Crippen molar-refractivity contribution in [3.05, 3.63) is 52.2 Å². The number of carbonyl (C=O) groups excluding carboxylic acids is 2. The first-order valence-electron chi connectivity index (χ1n) is 10.7. The second-order valence-corrected chi connectivity index (χ2v) is 7.98. The van der Waals surface area contributed by atoms with Crippen LogP contribution >= 0.6 is 0 Å². The Labute approximate surface area is 192 Å². The van der Waals surface area contributed by atoms with Crippen LogP contribution in [0.5, 0.6) is 5.75 Å². The third-order valence-electron chi connectivity index (χ3n) is 5.73. The van der Waals surface area contributed by atoms with Gasteiger partial charge in [0.1, 0.15) is 11.9 Å². The maximum atomic E-state index is 14.5. The van der Waals surface area contributed by atoms with Gasteiger partial charge in [0.25, 0.3) is 11.5 Å². The molecule has 2 aliphatic heterocycles. The molecule has 1 aromatic carbocycles. The van der Waals surface area contributed by atoms with Crippen molar-refractivity contribution in [3.8, 4) is 5.75 Å². The van der Waals surface area contributed by atoms with Crippen LogP contribution in [0.15, 0.2) is 35.3 Å². The number of fused-ring (bicyclic) bond motifs is 2. The van der Waals surface area contributed by atoms with Crippen LogP contribution in [0.3, 0.4) is 0 Å². The van der Waals surface area contributed by atoms with Crippen LogP contribution in [0, 0.1) is 5.82 Å². The average Bonchev–Trinajstić information content (AvgIpc) is 3.20. The van der Waals surface area contributed by atoms with Crippen LogP contribution in [0.2, 0.25) is 0 Å². The zero-order chi connectivity index (χ0) is 23.8. The predicted molar refractivity (Wildman–Crippen MR) is 119 cm³/mol. The number of carbonyl (C=O) groups is 2. The fraction of sp³-hybridized carbons (Fsp3) is 0.318. The van der Waals surface area contributed by atoms with E-state index in [2.05, 4.69) is 20.6 Å². The first kappa shape index (κ1) is 21.8. The van der Waals surface area contributed by atoms with Crippen molar-refractivity contribution >= 4 is 34.7 Å². The van der Waals surface area contributed by atoms with Gasteiger partial charge in [0.05, 0.1) is 18.3 Å². The summed E-state index contributed by atoms with van der Waals surface area (Å²) in [6.45, 7) is 0.828. The third kappa shape index (κ3) is 4.03. The van der Waals surface area contributed by atoms with Crippen molar-refractivity contribution in [2.75, 3.05) is 36.5 Å². The molecule has 3 aromatic rings. The minimum atomic E-state index is -0.607. The molecule has 0 radical (unpaired) electrons.